The van der Waals surface area contributed by atoms with Gasteiger partial charge in [-0.3, -0.25) is 4.79 Å². The van der Waals surface area contributed by atoms with Gasteiger partial charge < -0.3 is 9.73 Å². The molecule has 0 saturated heterocycles. The quantitative estimate of drug-likeness (QED) is 0.912. The maximum atomic E-state index is 11.7. The number of anilines is 1. The number of hydrogen-bond acceptors (Lipinski definition) is 2. The van der Waals surface area contributed by atoms with E-state index in [1.807, 2.05) is 0 Å². The molecule has 0 aliphatic carbocycles. The molecule has 0 radical (unpaired) electrons. The van der Waals surface area contributed by atoms with Gasteiger partial charge in [-0.25, -0.2) is 0 Å². The fourth-order valence-electron chi connectivity index (χ4n) is 1.18. The van der Waals surface area contributed by atoms with E-state index in [4.69, 9.17) is 16.0 Å². The zero-order chi connectivity index (χ0) is 11.5. The van der Waals surface area contributed by atoms with Gasteiger partial charge in [0.1, 0.15) is 6.26 Å². The Morgan fingerprint density at radius 3 is 2.88 bits per heavy atom. The molecule has 1 amide bonds. The van der Waals surface area contributed by atoms with Crippen LogP contribution in [0.5, 0.6) is 0 Å². The van der Waals surface area contributed by atoms with Crippen LogP contribution in [0, 0.1) is 0 Å². The highest BCUT2D eigenvalue weighted by Gasteiger charge is 2.09. The highest BCUT2D eigenvalue weighted by molar-refractivity contribution is 9.10. The average Bonchev–Trinajstić information content (AvgIpc) is 2.76. The van der Waals surface area contributed by atoms with Crippen LogP contribution in [0.1, 0.15) is 10.4 Å². The minimum Gasteiger partial charge on any atom is -0.472 e. The zero-order valence-corrected chi connectivity index (χ0v) is 10.4. The first-order chi connectivity index (χ1) is 7.66. The molecule has 0 saturated carbocycles. The summed E-state index contributed by atoms with van der Waals surface area (Å²) in [5, 5.41) is 3.18. The van der Waals surface area contributed by atoms with Crippen LogP contribution >= 0.6 is 27.5 Å². The van der Waals surface area contributed by atoms with Gasteiger partial charge in [0.15, 0.2) is 0 Å². The molecule has 0 unspecified atom stereocenters. The van der Waals surface area contributed by atoms with Crippen molar-refractivity contribution in [2.24, 2.45) is 0 Å². The zero-order valence-electron chi connectivity index (χ0n) is 8.04. The van der Waals surface area contributed by atoms with Gasteiger partial charge in [-0.15, -0.1) is 0 Å². The van der Waals surface area contributed by atoms with Crippen LogP contribution in [0.15, 0.2) is 45.7 Å². The van der Waals surface area contributed by atoms with Crippen molar-refractivity contribution < 1.29 is 9.21 Å². The van der Waals surface area contributed by atoms with Crippen LogP contribution in [0.2, 0.25) is 5.02 Å². The number of nitrogens with one attached hydrogen (secondary N) is 1. The lowest BCUT2D eigenvalue weighted by molar-refractivity contribution is 0.102. The number of hydrogen-bond donors (Lipinski definition) is 1. The monoisotopic (exact) mass is 299 g/mol. The second-order valence-electron chi connectivity index (χ2n) is 3.09. The van der Waals surface area contributed by atoms with Gasteiger partial charge in [0.2, 0.25) is 0 Å². The molecule has 2 aromatic rings. The third-order valence-corrected chi connectivity index (χ3v) is 2.78. The van der Waals surface area contributed by atoms with Gasteiger partial charge >= 0.3 is 0 Å². The Bertz CT molecular complexity index is 511. The summed E-state index contributed by atoms with van der Waals surface area (Å²) >= 11 is 9.25. The predicted molar refractivity (Wildman–Crippen MR) is 65.8 cm³/mol. The highest BCUT2D eigenvalue weighted by Crippen LogP contribution is 2.26. The lowest BCUT2D eigenvalue weighted by Crippen LogP contribution is -2.11. The van der Waals surface area contributed by atoms with Crippen molar-refractivity contribution in [1.29, 1.82) is 0 Å². The number of furan rings is 1. The number of amides is 1. The van der Waals surface area contributed by atoms with Crippen LogP contribution in [0.4, 0.5) is 5.69 Å². The van der Waals surface area contributed by atoms with Gasteiger partial charge in [-0.05, 0) is 24.3 Å². The van der Waals surface area contributed by atoms with Gasteiger partial charge in [-0.1, -0.05) is 27.5 Å². The number of carbonyl (C=O) groups excluding carboxylic acids is 1. The first-order valence-electron chi connectivity index (χ1n) is 4.45. The largest absolute Gasteiger partial charge is 0.472 e. The van der Waals surface area contributed by atoms with Crippen LogP contribution in [0.25, 0.3) is 0 Å². The minimum absolute atomic E-state index is 0.256. The van der Waals surface area contributed by atoms with Gasteiger partial charge in [0, 0.05) is 4.47 Å². The van der Waals surface area contributed by atoms with Crippen molar-refractivity contribution in [3.05, 3.63) is 51.9 Å². The molecule has 1 heterocycles. The fraction of sp³-hybridized carbons (Fsp3) is 0. The summed E-state index contributed by atoms with van der Waals surface area (Å²) in [4.78, 5) is 11.7. The summed E-state index contributed by atoms with van der Waals surface area (Å²) in [5.41, 5.74) is 1.01. The molecule has 0 spiro atoms. The van der Waals surface area contributed by atoms with Crippen molar-refractivity contribution in [3.63, 3.8) is 0 Å². The van der Waals surface area contributed by atoms with E-state index in [9.17, 15) is 4.79 Å². The molecule has 1 N–H and O–H groups in total. The summed E-state index contributed by atoms with van der Waals surface area (Å²) in [7, 11) is 0. The number of benzene rings is 1. The van der Waals surface area contributed by atoms with E-state index in [1.165, 1.54) is 12.5 Å². The number of halogens is 2. The molecule has 1 aromatic heterocycles. The highest BCUT2D eigenvalue weighted by atomic mass is 79.9. The van der Waals surface area contributed by atoms with Crippen LogP contribution < -0.4 is 5.32 Å². The first-order valence-corrected chi connectivity index (χ1v) is 5.62. The Balaban J connectivity index is 2.21. The summed E-state index contributed by atoms with van der Waals surface area (Å²) in [6.07, 6.45) is 2.82. The Kier molecular flexibility index (Phi) is 3.31. The maximum Gasteiger partial charge on any atom is 0.258 e. The molecular formula is C11H7BrClNO2. The van der Waals surface area contributed by atoms with Gasteiger partial charge in [-0.2, -0.15) is 0 Å². The van der Waals surface area contributed by atoms with Crippen LogP contribution in [-0.2, 0) is 0 Å². The van der Waals surface area contributed by atoms with E-state index in [1.54, 1.807) is 24.3 Å². The lowest BCUT2D eigenvalue weighted by Gasteiger charge is -2.06. The van der Waals surface area contributed by atoms with E-state index < -0.39 is 0 Å². The number of rotatable bonds is 2. The SMILES string of the molecule is O=C(Nc1cc(Br)ccc1Cl)c1ccoc1. The minimum atomic E-state index is -0.256. The predicted octanol–water partition coefficient (Wildman–Crippen LogP) is 3.95. The van der Waals surface area contributed by atoms with E-state index in [0.29, 0.717) is 16.3 Å². The molecule has 82 valence electrons. The molecule has 0 bridgehead atoms. The first kappa shape index (κ1) is 11.2. The molecular weight excluding hydrogens is 293 g/mol. The number of carbonyl (C=O) groups is 1. The molecule has 0 fully saturated rings. The summed E-state index contributed by atoms with van der Waals surface area (Å²) in [6, 6.07) is 6.83. The van der Waals surface area contributed by atoms with Gasteiger partial charge in [0.25, 0.3) is 5.91 Å². The van der Waals surface area contributed by atoms with E-state index >= 15 is 0 Å². The van der Waals surface area contributed by atoms with Crippen molar-refractivity contribution in [2.45, 2.75) is 0 Å². The van der Waals surface area contributed by atoms with Crippen LogP contribution in [0.3, 0.4) is 0 Å². The molecule has 3 nitrogen and oxygen atoms in total. The van der Waals surface area contributed by atoms with E-state index in [2.05, 4.69) is 21.2 Å². The van der Waals surface area contributed by atoms with E-state index in [0.717, 1.165) is 4.47 Å². The fourth-order valence-corrected chi connectivity index (χ4v) is 1.71. The molecule has 0 atom stereocenters. The maximum absolute atomic E-state index is 11.7. The summed E-state index contributed by atoms with van der Waals surface area (Å²) < 4.78 is 5.67. The third kappa shape index (κ3) is 2.46. The lowest BCUT2D eigenvalue weighted by atomic mass is 10.3. The average molecular weight is 301 g/mol. The van der Waals surface area contributed by atoms with Crippen molar-refractivity contribution in [2.75, 3.05) is 5.32 Å². The Labute approximate surface area is 106 Å². The van der Waals surface area contributed by atoms with Crippen LogP contribution in [-0.4, -0.2) is 5.91 Å². The molecule has 0 aliphatic rings. The standard InChI is InChI=1S/C11H7BrClNO2/c12-8-1-2-9(13)10(5-8)14-11(15)7-3-4-16-6-7/h1-6H,(H,14,15). The third-order valence-electron chi connectivity index (χ3n) is 1.96. The Morgan fingerprint density at radius 2 is 2.19 bits per heavy atom. The van der Waals surface area contributed by atoms with Gasteiger partial charge in [0.05, 0.1) is 22.5 Å². The molecule has 5 heteroatoms. The summed E-state index contributed by atoms with van der Waals surface area (Å²) in [6.45, 7) is 0. The smallest absolute Gasteiger partial charge is 0.258 e. The van der Waals surface area contributed by atoms with E-state index in [-0.39, 0.29) is 5.91 Å². The molecule has 16 heavy (non-hydrogen) atoms. The Morgan fingerprint density at radius 1 is 1.38 bits per heavy atom. The topological polar surface area (TPSA) is 42.2 Å². The Hall–Kier alpha value is -1.26. The molecule has 1 aromatic carbocycles. The molecule has 0 aliphatic heterocycles. The second kappa shape index (κ2) is 4.72. The van der Waals surface area contributed by atoms with Crippen molar-refractivity contribution in [3.8, 4) is 0 Å². The van der Waals surface area contributed by atoms with Crippen molar-refractivity contribution in [1.82, 2.24) is 0 Å². The molecule has 2 rings (SSSR count). The van der Waals surface area contributed by atoms with Crippen molar-refractivity contribution >= 4 is 39.1 Å². The normalized spacial score (nSPS) is 10.1. The summed E-state index contributed by atoms with van der Waals surface area (Å²) in [5.74, 6) is -0.256. The second-order valence-corrected chi connectivity index (χ2v) is 4.41.